The maximum Gasteiger partial charge on any atom is 0.267 e. The van der Waals surface area contributed by atoms with Gasteiger partial charge in [0.1, 0.15) is 16.4 Å². The second kappa shape index (κ2) is 7.59. The molecule has 2 aromatic carbocycles. The SMILES string of the molecule is Cc1ccccc1-n1c(CSc2nccc3[nH]cnc23)nc2cccc(Cl)c2c1=O. The van der Waals surface area contributed by atoms with Gasteiger partial charge in [-0.3, -0.25) is 9.36 Å². The molecule has 148 valence electrons. The second-order valence-electron chi connectivity index (χ2n) is 6.79. The molecule has 0 amide bonds. The van der Waals surface area contributed by atoms with E-state index >= 15 is 0 Å². The van der Waals surface area contributed by atoms with Crippen molar-refractivity contribution in [2.24, 2.45) is 0 Å². The molecule has 0 aliphatic carbocycles. The summed E-state index contributed by atoms with van der Waals surface area (Å²) in [4.78, 5) is 30.2. The Labute approximate surface area is 181 Å². The Kier molecular flexibility index (Phi) is 4.77. The molecular weight excluding hydrogens is 418 g/mol. The first-order valence-electron chi connectivity index (χ1n) is 9.30. The molecule has 0 saturated heterocycles. The van der Waals surface area contributed by atoms with Crippen LogP contribution in [-0.2, 0) is 5.75 Å². The third-order valence-corrected chi connectivity index (χ3v) is 6.20. The van der Waals surface area contributed by atoms with Crippen LogP contribution in [-0.4, -0.2) is 24.5 Å². The van der Waals surface area contributed by atoms with E-state index in [1.54, 1.807) is 29.2 Å². The highest BCUT2D eigenvalue weighted by molar-refractivity contribution is 7.98. The number of pyridine rings is 1. The molecule has 0 aliphatic heterocycles. The molecule has 0 aliphatic rings. The van der Waals surface area contributed by atoms with E-state index in [4.69, 9.17) is 16.6 Å². The minimum Gasteiger partial charge on any atom is -0.344 e. The Morgan fingerprint density at radius 3 is 2.83 bits per heavy atom. The number of H-pyrrole nitrogens is 1. The largest absolute Gasteiger partial charge is 0.344 e. The highest BCUT2D eigenvalue weighted by Crippen LogP contribution is 2.28. The van der Waals surface area contributed by atoms with Crippen LogP contribution in [0, 0.1) is 6.92 Å². The zero-order chi connectivity index (χ0) is 20.7. The number of hydrogen-bond acceptors (Lipinski definition) is 5. The van der Waals surface area contributed by atoms with E-state index in [9.17, 15) is 4.79 Å². The molecule has 5 rings (SSSR count). The van der Waals surface area contributed by atoms with Crippen molar-refractivity contribution in [1.82, 2.24) is 24.5 Å². The van der Waals surface area contributed by atoms with Gasteiger partial charge in [-0.2, -0.15) is 0 Å². The van der Waals surface area contributed by atoms with Crippen molar-refractivity contribution in [3.8, 4) is 5.69 Å². The van der Waals surface area contributed by atoms with Crippen molar-refractivity contribution >= 4 is 45.3 Å². The van der Waals surface area contributed by atoms with Crippen LogP contribution in [0.4, 0.5) is 0 Å². The van der Waals surface area contributed by atoms with Crippen molar-refractivity contribution < 1.29 is 0 Å². The van der Waals surface area contributed by atoms with Crippen molar-refractivity contribution in [1.29, 1.82) is 0 Å². The summed E-state index contributed by atoms with van der Waals surface area (Å²) in [5, 5.41) is 1.60. The van der Waals surface area contributed by atoms with Gasteiger partial charge in [-0.1, -0.05) is 47.6 Å². The lowest BCUT2D eigenvalue weighted by Gasteiger charge is -2.15. The van der Waals surface area contributed by atoms with Crippen LogP contribution < -0.4 is 5.56 Å². The minimum atomic E-state index is -0.179. The number of hydrogen-bond donors (Lipinski definition) is 1. The van der Waals surface area contributed by atoms with Crippen molar-refractivity contribution in [3.63, 3.8) is 0 Å². The number of nitrogens with zero attached hydrogens (tertiary/aromatic N) is 4. The van der Waals surface area contributed by atoms with Crippen molar-refractivity contribution in [2.45, 2.75) is 17.7 Å². The van der Waals surface area contributed by atoms with Crippen LogP contribution in [0.2, 0.25) is 5.02 Å². The van der Waals surface area contributed by atoms with Crippen LogP contribution >= 0.6 is 23.4 Å². The number of imidazole rings is 1. The van der Waals surface area contributed by atoms with Gasteiger partial charge in [0.2, 0.25) is 0 Å². The fourth-order valence-corrected chi connectivity index (χ4v) is 4.62. The smallest absolute Gasteiger partial charge is 0.267 e. The number of benzene rings is 2. The monoisotopic (exact) mass is 433 g/mol. The van der Waals surface area contributed by atoms with Gasteiger partial charge in [-0.25, -0.2) is 15.0 Å². The molecule has 5 aromatic rings. The zero-order valence-electron chi connectivity index (χ0n) is 16.0. The lowest BCUT2D eigenvalue weighted by atomic mass is 10.2. The molecular formula is C22H16ClN5OS. The zero-order valence-corrected chi connectivity index (χ0v) is 17.5. The standard InChI is InChI=1S/C22H16ClN5OS/c1-13-5-2-3-8-17(13)28-18(27-15-7-4-6-14(23)19(15)22(28)29)11-30-21-20-16(9-10-24-21)25-12-26-20/h2-10,12H,11H2,1H3,(H,25,26). The van der Waals surface area contributed by atoms with E-state index in [1.165, 1.54) is 11.8 Å². The van der Waals surface area contributed by atoms with Gasteiger partial charge in [0.15, 0.2) is 0 Å². The lowest BCUT2D eigenvalue weighted by molar-refractivity contribution is 0.877. The van der Waals surface area contributed by atoms with Gasteiger partial charge in [-0.15, -0.1) is 0 Å². The summed E-state index contributed by atoms with van der Waals surface area (Å²) in [7, 11) is 0. The predicted octanol–water partition coefficient (Wildman–Crippen LogP) is 4.91. The van der Waals surface area contributed by atoms with Crippen LogP contribution in [0.5, 0.6) is 0 Å². The molecule has 30 heavy (non-hydrogen) atoms. The number of para-hydroxylation sites is 1. The highest BCUT2D eigenvalue weighted by Gasteiger charge is 2.17. The Morgan fingerprint density at radius 1 is 1.10 bits per heavy atom. The lowest BCUT2D eigenvalue weighted by Crippen LogP contribution is -2.24. The number of rotatable bonds is 4. The number of aromatic nitrogens is 5. The summed E-state index contributed by atoms with van der Waals surface area (Å²) in [6.07, 6.45) is 3.39. The fraction of sp³-hybridized carbons (Fsp3) is 0.0909. The van der Waals surface area contributed by atoms with Gasteiger partial charge < -0.3 is 4.98 Å². The predicted molar refractivity (Wildman–Crippen MR) is 121 cm³/mol. The fourth-order valence-electron chi connectivity index (χ4n) is 3.48. The molecule has 3 heterocycles. The molecule has 1 N–H and O–H groups in total. The molecule has 0 unspecified atom stereocenters. The molecule has 8 heteroatoms. The minimum absolute atomic E-state index is 0.179. The van der Waals surface area contributed by atoms with Gasteiger partial charge in [0.05, 0.1) is 39.2 Å². The third kappa shape index (κ3) is 3.16. The Balaban J connectivity index is 1.69. The molecule has 0 atom stereocenters. The number of thioether (sulfide) groups is 1. The first-order chi connectivity index (χ1) is 14.6. The molecule has 0 saturated carbocycles. The molecule has 6 nitrogen and oxygen atoms in total. The average molecular weight is 434 g/mol. The molecule has 0 fully saturated rings. The van der Waals surface area contributed by atoms with Gasteiger partial charge in [-0.05, 0) is 36.8 Å². The number of halogens is 1. The summed E-state index contributed by atoms with van der Waals surface area (Å²) < 4.78 is 1.65. The highest BCUT2D eigenvalue weighted by atomic mass is 35.5. The maximum atomic E-state index is 13.5. The summed E-state index contributed by atoms with van der Waals surface area (Å²) in [5.41, 5.74) is 3.89. The summed E-state index contributed by atoms with van der Waals surface area (Å²) >= 11 is 7.85. The Morgan fingerprint density at radius 2 is 1.97 bits per heavy atom. The van der Waals surface area contributed by atoms with Gasteiger partial charge >= 0.3 is 0 Å². The van der Waals surface area contributed by atoms with Crippen molar-refractivity contribution in [3.05, 3.63) is 87.8 Å². The van der Waals surface area contributed by atoms with Gasteiger partial charge in [0.25, 0.3) is 5.56 Å². The number of fused-ring (bicyclic) bond motifs is 2. The Bertz CT molecular complexity index is 1460. The average Bonchev–Trinajstić information content (AvgIpc) is 3.22. The molecule has 3 aromatic heterocycles. The van der Waals surface area contributed by atoms with E-state index in [-0.39, 0.29) is 5.56 Å². The Hall–Kier alpha value is -3.16. The van der Waals surface area contributed by atoms with Crippen LogP contribution in [0.3, 0.4) is 0 Å². The van der Waals surface area contributed by atoms with E-state index < -0.39 is 0 Å². The van der Waals surface area contributed by atoms with Crippen LogP contribution in [0.1, 0.15) is 11.4 Å². The van der Waals surface area contributed by atoms with E-state index in [0.717, 1.165) is 27.3 Å². The van der Waals surface area contributed by atoms with Gasteiger partial charge in [0, 0.05) is 6.20 Å². The first kappa shape index (κ1) is 18.8. The van der Waals surface area contributed by atoms with Crippen LogP contribution in [0.15, 0.2) is 70.9 Å². The van der Waals surface area contributed by atoms with E-state index in [2.05, 4.69) is 15.0 Å². The molecule has 0 bridgehead atoms. The number of aryl methyl sites for hydroxylation is 1. The van der Waals surface area contributed by atoms with E-state index in [0.29, 0.717) is 27.5 Å². The third-order valence-electron chi connectivity index (χ3n) is 4.91. The summed E-state index contributed by atoms with van der Waals surface area (Å²) in [6, 6.07) is 15.0. The molecule has 0 radical (unpaired) electrons. The normalized spacial score (nSPS) is 11.4. The van der Waals surface area contributed by atoms with Crippen molar-refractivity contribution in [2.75, 3.05) is 0 Å². The van der Waals surface area contributed by atoms with Crippen LogP contribution in [0.25, 0.3) is 27.6 Å². The maximum absolute atomic E-state index is 13.5. The molecule has 0 spiro atoms. The topological polar surface area (TPSA) is 76.5 Å². The first-order valence-corrected chi connectivity index (χ1v) is 10.7. The summed E-state index contributed by atoms with van der Waals surface area (Å²) in [5.74, 6) is 1.08. The number of aromatic amines is 1. The quantitative estimate of drug-likeness (QED) is 0.407. The number of nitrogens with one attached hydrogen (secondary N) is 1. The summed E-state index contributed by atoms with van der Waals surface area (Å²) in [6.45, 7) is 1.97. The van der Waals surface area contributed by atoms with E-state index in [1.807, 2.05) is 43.3 Å². The second-order valence-corrected chi connectivity index (χ2v) is 8.16.